The normalized spacial score (nSPS) is 12.1. The Kier molecular flexibility index (Phi) is 15.3. The fraction of sp³-hybridized carbons (Fsp3) is 0.0429. The number of carbonyl (C=O) groups excluding carboxylic acids is 1. The van der Waals surface area contributed by atoms with Crippen molar-refractivity contribution >= 4 is 61.5 Å². The van der Waals surface area contributed by atoms with E-state index in [2.05, 4.69) is 109 Å². The fourth-order valence-electron chi connectivity index (χ4n) is 10.5. The molecule has 370 valence electrons. The van der Waals surface area contributed by atoms with Gasteiger partial charge in [0, 0.05) is 18.4 Å². The molecule has 0 aliphatic rings. The molecule has 7 heteroatoms. The molecule has 77 heavy (non-hydrogen) atoms. The van der Waals surface area contributed by atoms with Crippen molar-refractivity contribution in [1.82, 2.24) is 0 Å². The van der Waals surface area contributed by atoms with Crippen LogP contribution in [0.2, 0.25) is 0 Å². The minimum atomic E-state index is -1.08. The summed E-state index contributed by atoms with van der Waals surface area (Å²) in [5.41, 5.74) is 9.85. The number of fused-ring (bicyclic) bond motifs is 4. The molecular formula is C70H49MnN2O4. The third-order valence-electron chi connectivity index (χ3n) is 13.9. The van der Waals surface area contributed by atoms with Crippen LogP contribution in [-0.4, -0.2) is 18.4 Å². The molecule has 6 nitrogen and oxygen atoms in total. The maximum atomic E-state index is 15.4. The van der Waals surface area contributed by atoms with Gasteiger partial charge in [-0.05, 0) is 129 Å². The van der Waals surface area contributed by atoms with Gasteiger partial charge in [-0.15, -0.1) is 0 Å². The van der Waals surface area contributed by atoms with Crippen molar-refractivity contribution in [3.05, 3.63) is 277 Å². The summed E-state index contributed by atoms with van der Waals surface area (Å²) in [4.78, 5) is 19.7. The Morgan fingerprint density at radius 3 is 1.01 bits per heavy atom. The third kappa shape index (κ3) is 10.5. The standard InChI is InChI=1S/C68H48N2O2.C2H4O2.Mn/c71-67-53(41-51-31-15-19-35-57(51)63(67)61-55-33-17-13-25-47(55)37-39-59(61)45-21-5-1-6-22-45)43-69-65(49-27-9-3-10-28-49)66(50-29-11-4-12-30-50)70-44-54-42-52-32-16-20-36-58(52)64(68(54)72)62-56-34-18-14-26-48(56)38-40-60(62)46-23-7-2-8-24-46;1-2(3)4;/h1-44,65-66,71-72H;1H3,(H,3,4);/q;;+3/p-3/t65-,66-;;/m1../s1. The van der Waals surface area contributed by atoms with E-state index in [1.54, 1.807) is 12.4 Å². The molecule has 0 saturated carbocycles. The molecule has 0 radical (unpaired) electrons. The number of carboxylic acids is 1. The summed E-state index contributed by atoms with van der Waals surface area (Å²) >= 11 is 0. The van der Waals surface area contributed by atoms with Gasteiger partial charge in [0.05, 0.1) is 0 Å². The smallest absolute Gasteiger partial charge is 0.872 e. The van der Waals surface area contributed by atoms with Crippen LogP contribution in [0, 0.1) is 0 Å². The zero-order valence-corrected chi connectivity index (χ0v) is 43.1. The van der Waals surface area contributed by atoms with Gasteiger partial charge in [-0.25, -0.2) is 0 Å². The van der Waals surface area contributed by atoms with Crippen molar-refractivity contribution in [2.45, 2.75) is 19.0 Å². The Bertz CT molecular complexity index is 3860. The predicted molar refractivity (Wildman–Crippen MR) is 308 cm³/mol. The fourth-order valence-corrected chi connectivity index (χ4v) is 10.5. The Morgan fingerprint density at radius 1 is 0.377 bits per heavy atom. The van der Waals surface area contributed by atoms with E-state index in [0.29, 0.717) is 22.3 Å². The summed E-state index contributed by atoms with van der Waals surface area (Å²) in [5, 5.41) is 47.5. The largest absolute Gasteiger partial charge is 3.00 e. The summed E-state index contributed by atoms with van der Waals surface area (Å²) in [6, 6.07) is 84.8. The average molecular weight is 1040 g/mol. The van der Waals surface area contributed by atoms with Crippen LogP contribution in [0.25, 0.3) is 87.6 Å². The SMILES string of the molecule is CC(=O)[O-].[Mn+3].[O-]c1c(C=N[C@H](c2ccccc2)[C@H](N=Cc2cc3ccccc3c(-c3c(-c4ccccc4)ccc4ccccc34)c2[O-])c2ccccc2)cc2ccccc2c1-c1c(-c2ccccc2)ccc2ccccc12. The summed E-state index contributed by atoms with van der Waals surface area (Å²) < 4.78 is 0. The molecule has 0 spiro atoms. The Hall–Kier alpha value is -9.39. The number of aliphatic carboxylic acids is 1. The molecule has 0 fully saturated rings. The quantitative estimate of drug-likeness (QED) is 0.0949. The van der Waals surface area contributed by atoms with E-state index in [1.165, 1.54) is 0 Å². The van der Waals surface area contributed by atoms with Crippen molar-refractivity contribution in [3.8, 4) is 56.0 Å². The molecule has 0 bridgehead atoms. The van der Waals surface area contributed by atoms with Crippen LogP contribution in [0.5, 0.6) is 11.5 Å². The second kappa shape index (κ2) is 23.0. The molecule has 12 aromatic carbocycles. The number of carbonyl (C=O) groups is 1. The van der Waals surface area contributed by atoms with Crippen molar-refractivity contribution in [3.63, 3.8) is 0 Å². The summed E-state index contributed by atoms with van der Waals surface area (Å²) in [7, 11) is 0. The molecule has 12 rings (SSSR count). The molecule has 0 aliphatic carbocycles. The average Bonchev–Trinajstić information content (AvgIpc) is 3.54. The number of aliphatic imine (C=N–C) groups is 2. The molecule has 0 aliphatic heterocycles. The van der Waals surface area contributed by atoms with E-state index >= 15 is 10.2 Å². The molecule has 0 N–H and O–H groups in total. The van der Waals surface area contributed by atoms with Gasteiger partial charge in [-0.1, -0.05) is 254 Å². The zero-order chi connectivity index (χ0) is 52.0. The molecular weight excluding hydrogens is 988 g/mol. The second-order valence-corrected chi connectivity index (χ2v) is 18.7. The van der Waals surface area contributed by atoms with Crippen molar-refractivity contribution in [2.24, 2.45) is 9.98 Å². The predicted octanol–water partition coefficient (Wildman–Crippen LogP) is 14.9. The van der Waals surface area contributed by atoms with Crippen LogP contribution >= 0.6 is 0 Å². The Morgan fingerprint density at radius 2 is 0.662 bits per heavy atom. The first-order valence-electron chi connectivity index (χ1n) is 25.3. The minimum absolute atomic E-state index is 0. The number of nitrogens with zero attached hydrogens (tertiary/aromatic N) is 2. The molecule has 2 atom stereocenters. The molecule has 0 unspecified atom stereocenters. The van der Waals surface area contributed by atoms with E-state index < -0.39 is 18.1 Å². The number of carboxylic acid groups (broad SMARTS) is 1. The first-order chi connectivity index (χ1) is 37.3. The number of benzene rings is 12. The maximum Gasteiger partial charge on any atom is 3.00 e. The minimum Gasteiger partial charge on any atom is -0.872 e. The number of rotatable bonds is 11. The summed E-state index contributed by atoms with van der Waals surface area (Å²) in [5.74, 6) is -1.30. The Balaban J connectivity index is 0.00000130. The van der Waals surface area contributed by atoms with Crippen LogP contribution < -0.4 is 15.3 Å². The van der Waals surface area contributed by atoms with E-state index in [0.717, 1.165) is 94.5 Å². The Labute approximate surface area is 458 Å². The monoisotopic (exact) mass is 1040 g/mol. The molecule has 0 aromatic heterocycles. The second-order valence-electron chi connectivity index (χ2n) is 18.7. The van der Waals surface area contributed by atoms with Crippen LogP contribution in [0.15, 0.2) is 265 Å². The number of hydrogen-bond acceptors (Lipinski definition) is 6. The van der Waals surface area contributed by atoms with E-state index in [9.17, 15) is 0 Å². The van der Waals surface area contributed by atoms with Crippen LogP contribution in [0.3, 0.4) is 0 Å². The van der Waals surface area contributed by atoms with Crippen LogP contribution in [0.1, 0.15) is 41.3 Å². The first-order valence-corrected chi connectivity index (χ1v) is 25.3. The van der Waals surface area contributed by atoms with Crippen molar-refractivity contribution < 1.29 is 37.2 Å². The summed E-state index contributed by atoms with van der Waals surface area (Å²) in [6.45, 7) is 0.972. The molecule has 0 amide bonds. The van der Waals surface area contributed by atoms with Crippen molar-refractivity contribution in [1.29, 1.82) is 0 Å². The van der Waals surface area contributed by atoms with Crippen molar-refractivity contribution in [2.75, 3.05) is 0 Å². The topological polar surface area (TPSA) is 111 Å². The molecule has 0 heterocycles. The van der Waals surface area contributed by atoms with Gasteiger partial charge in [-0.3, -0.25) is 9.98 Å². The van der Waals surface area contributed by atoms with Gasteiger partial charge in [0.25, 0.3) is 0 Å². The van der Waals surface area contributed by atoms with Crippen LogP contribution in [-0.2, 0) is 21.9 Å². The van der Waals surface area contributed by atoms with Gasteiger partial charge in [-0.2, -0.15) is 0 Å². The first kappa shape index (κ1) is 51.1. The summed E-state index contributed by atoms with van der Waals surface area (Å²) in [6.07, 6.45) is 3.49. The van der Waals surface area contributed by atoms with E-state index in [1.807, 2.05) is 146 Å². The third-order valence-corrected chi connectivity index (χ3v) is 13.9. The van der Waals surface area contributed by atoms with E-state index in [4.69, 9.17) is 19.9 Å². The van der Waals surface area contributed by atoms with Crippen LogP contribution in [0.4, 0.5) is 0 Å². The van der Waals surface area contributed by atoms with E-state index in [-0.39, 0.29) is 28.6 Å². The van der Waals surface area contributed by atoms with Gasteiger partial charge in [0.15, 0.2) is 0 Å². The van der Waals surface area contributed by atoms with Gasteiger partial charge in [0.2, 0.25) is 0 Å². The number of hydrogen-bond donors (Lipinski definition) is 0. The van der Waals surface area contributed by atoms with Gasteiger partial charge in [0.1, 0.15) is 12.1 Å². The molecule has 0 saturated heterocycles. The molecule has 12 aromatic rings. The van der Waals surface area contributed by atoms with Gasteiger partial charge >= 0.3 is 17.1 Å². The maximum absolute atomic E-state index is 15.4. The van der Waals surface area contributed by atoms with Gasteiger partial charge < -0.3 is 20.1 Å². The zero-order valence-electron chi connectivity index (χ0n) is 42.0.